The maximum Gasteiger partial charge on any atom is 0.160 e. The number of methoxy groups -OCH3 is 2. The summed E-state index contributed by atoms with van der Waals surface area (Å²) in [5.41, 5.74) is 1.48. The van der Waals surface area contributed by atoms with Crippen molar-refractivity contribution in [3.63, 3.8) is 0 Å². The molecule has 0 atom stereocenters. The van der Waals surface area contributed by atoms with E-state index in [0.29, 0.717) is 17.1 Å². The number of hydrogen-bond donors (Lipinski definition) is 0. The predicted octanol–water partition coefficient (Wildman–Crippen LogP) is 3.20. The second kappa shape index (κ2) is 4.78. The van der Waals surface area contributed by atoms with Crippen LogP contribution in [0.4, 0.5) is 0 Å². The van der Waals surface area contributed by atoms with Crippen LogP contribution in [0.5, 0.6) is 11.5 Å². The van der Waals surface area contributed by atoms with Crippen molar-refractivity contribution in [3.05, 3.63) is 23.3 Å². The zero-order chi connectivity index (χ0) is 13.2. The van der Waals surface area contributed by atoms with Crippen molar-refractivity contribution in [2.75, 3.05) is 14.2 Å². The molecule has 0 spiro atoms. The first-order valence-electron chi connectivity index (χ1n) is 5.58. The fourth-order valence-electron chi connectivity index (χ4n) is 1.85. The van der Waals surface area contributed by atoms with Gasteiger partial charge in [-0.15, -0.1) is 0 Å². The summed E-state index contributed by atoms with van der Waals surface area (Å²) >= 11 is 0. The third-order valence-corrected chi connectivity index (χ3v) is 2.66. The third-order valence-electron chi connectivity index (χ3n) is 2.66. The quantitative estimate of drug-likeness (QED) is 0.756. The minimum atomic E-state index is -0.105. The minimum Gasteiger partial charge on any atom is -0.496 e. The van der Waals surface area contributed by atoms with Crippen LogP contribution in [-0.2, 0) is 5.41 Å². The van der Waals surface area contributed by atoms with Gasteiger partial charge in [-0.25, -0.2) is 0 Å². The lowest BCUT2D eigenvalue weighted by Crippen LogP contribution is -2.15. The molecule has 0 radical (unpaired) electrons. The molecule has 0 amide bonds. The summed E-state index contributed by atoms with van der Waals surface area (Å²) in [6.45, 7) is 7.79. The Bertz CT molecular complexity index is 403. The number of Topliss-reactive ketones (excluding diaryl/α,β-unsaturated/α-hetero) is 1. The average molecular weight is 236 g/mol. The summed E-state index contributed by atoms with van der Waals surface area (Å²) in [6, 6.07) is 3.54. The second-order valence-electron chi connectivity index (χ2n) is 5.06. The van der Waals surface area contributed by atoms with Gasteiger partial charge in [0, 0.05) is 11.1 Å². The normalized spacial score (nSPS) is 11.2. The molecule has 0 saturated carbocycles. The van der Waals surface area contributed by atoms with Gasteiger partial charge < -0.3 is 9.47 Å². The minimum absolute atomic E-state index is 0.00191. The number of rotatable bonds is 3. The van der Waals surface area contributed by atoms with Gasteiger partial charge in [0.1, 0.15) is 11.5 Å². The highest BCUT2D eigenvalue weighted by Gasteiger charge is 2.25. The molecule has 0 N–H and O–H groups in total. The van der Waals surface area contributed by atoms with Crippen molar-refractivity contribution in [1.29, 1.82) is 0 Å². The second-order valence-corrected chi connectivity index (χ2v) is 5.06. The van der Waals surface area contributed by atoms with Gasteiger partial charge in [0.25, 0.3) is 0 Å². The Morgan fingerprint density at radius 1 is 1.06 bits per heavy atom. The van der Waals surface area contributed by atoms with Crippen molar-refractivity contribution in [2.45, 2.75) is 33.1 Å². The Hall–Kier alpha value is -1.51. The summed E-state index contributed by atoms with van der Waals surface area (Å²) in [5.74, 6) is 1.39. The lowest BCUT2D eigenvalue weighted by molar-refractivity contribution is 0.101. The zero-order valence-corrected chi connectivity index (χ0v) is 11.4. The average Bonchev–Trinajstić information content (AvgIpc) is 2.25. The summed E-state index contributed by atoms with van der Waals surface area (Å²) in [5, 5.41) is 0. The summed E-state index contributed by atoms with van der Waals surface area (Å²) in [7, 11) is 3.21. The van der Waals surface area contributed by atoms with Gasteiger partial charge in [-0.1, -0.05) is 20.8 Å². The van der Waals surface area contributed by atoms with Gasteiger partial charge in [0.2, 0.25) is 0 Å². The molecule has 0 fully saturated rings. The molecule has 1 aromatic carbocycles. The molecule has 94 valence electrons. The van der Waals surface area contributed by atoms with Crippen molar-refractivity contribution >= 4 is 5.78 Å². The number of ether oxygens (including phenoxy) is 2. The van der Waals surface area contributed by atoms with Crippen molar-refractivity contribution < 1.29 is 14.3 Å². The number of carbonyl (C=O) groups excluding carboxylic acids is 1. The molecule has 3 nitrogen and oxygen atoms in total. The molecule has 0 aliphatic heterocycles. The number of benzene rings is 1. The Kier molecular flexibility index (Phi) is 3.81. The maximum atomic E-state index is 11.4. The van der Waals surface area contributed by atoms with Crippen LogP contribution in [-0.4, -0.2) is 20.0 Å². The lowest BCUT2D eigenvalue weighted by atomic mass is 9.84. The first kappa shape index (κ1) is 13.6. The molecule has 0 aliphatic carbocycles. The number of ketones is 1. The van der Waals surface area contributed by atoms with Crippen LogP contribution in [0.1, 0.15) is 43.6 Å². The van der Waals surface area contributed by atoms with E-state index in [1.54, 1.807) is 26.4 Å². The van der Waals surface area contributed by atoms with Gasteiger partial charge in [-0.05, 0) is 24.5 Å². The van der Waals surface area contributed by atoms with E-state index >= 15 is 0 Å². The Morgan fingerprint density at radius 2 is 1.47 bits per heavy atom. The maximum absolute atomic E-state index is 11.4. The van der Waals surface area contributed by atoms with E-state index in [1.807, 2.05) is 0 Å². The molecule has 0 aromatic heterocycles. The van der Waals surface area contributed by atoms with Gasteiger partial charge in [0.15, 0.2) is 5.78 Å². The van der Waals surface area contributed by atoms with Crippen LogP contribution in [0.25, 0.3) is 0 Å². The van der Waals surface area contributed by atoms with Crippen LogP contribution in [0, 0.1) is 0 Å². The molecular formula is C14H20O3. The summed E-state index contributed by atoms with van der Waals surface area (Å²) in [6.07, 6.45) is 0. The van der Waals surface area contributed by atoms with E-state index in [4.69, 9.17) is 9.47 Å². The van der Waals surface area contributed by atoms with Gasteiger partial charge in [0.05, 0.1) is 14.2 Å². The molecule has 0 aliphatic rings. The lowest BCUT2D eigenvalue weighted by Gasteiger charge is -2.25. The monoisotopic (exact) mass is 236 g/mol. The topological polar surface area (TPSA) is 35.5 Å². The van der Waals surface area contributed by atoms with Crippen LogP contribution in [0.15, 0.2) is 12.1 Å². The number of hydrogen-bond acceptors (Lipinski definition) is 3. The molecule has 3 heteroatoms. The van der Waals surface area contributed by atoms with Crippen LogP contribution >= 0.6 is 0 Å². The zero-order valence-electron chi connectivity index (χ0n) is 11.4. The van der Waals surface area contributed by atoms with Crippen molar-refractivity contribution in [1.82, 2.24) is 0 Å². The third kappa shape index (κ3) is 2.78. The fourth-order valence-corrected chi connectivity index (χ4v) is 1.85. The number of carbonyl (C=O) groups is 1. The van der Waals surface area contributed by atoms with E-state index in [0.717, 1.165) is 5.56 Å². The molecule has 1 aromatic rings. The highest BCUT2D eigenvalue weighted by molar-refractivity contribution is 5.95. The standard InChI is InChI=1S/C14H20O3/c1-9(15)10-7-11(16-5)13(14(2,3)4)12(8-10)17-6/h7-8H,1-6H3. The largest absolute Gasteiger partial charge is 0.496 e. The first-order valence-corrected chi connectivity index (χ1v) is 5.58. The Labute approximate surface area is 103 Å². The van der Waals surface area contributed by atoms with Gasteiger partial charge in [-0.2, -0.15) is 0 Å². The molecule has 0 bridgehead atoms. The summed E-state index contributed by atoms with van der Waals surface area (Å²) < 4.78 is 10.7. The predicted molar refractivity (Wildman–Crippen MR) is 68.3 cm³/mol. The molecule has 1 rings (SSSR count). The van der Waals surface area contributed by atoms with Gasteiger partial charge in [-0.3, -0.25) is 4.79 Å². The smallest absolute Gasteiger partial charge is 0.160 e. The molecule has 17 heavy (non-hydrogen) atoms. The highest BCUT2D eigenvalue weighted by atomic mass is 16.5. The van der Waals surface area contributed by atoms with Crippen LogP contribution in [0.2, 0.25) is 0 Å². The highest BCUT2D eigenvalue weighted by Crippen LogP contribution is 2.39. The fraction of sp³-hybridized carbons (Fsp3) is 0.500. The van der Waals surface area contributed by atoms with Crippen molar-refractivity contribution in [3.8, 4) is 11.5 Å². The van der Waals surface area contributed by atoms with E-state index in [-0.39, 0.29) is 11.2 Å². The SMILES string of the molecule is COc1cc(C(C)=O)cc(OC)c1C(C)(C)C. The van der Waals surface area contributed by atoms with Crippen LogP contribution < -0.4 is 9.47 Å². The molecule has 0 heterocycles. The van der Waals surface area contributed by atoms with E-state index in [9.17, 15) is 4.79 Å². The summed E-state index contributed by atoms with van der Waals surface area (Å²) in [4.78, 5) is 11.4. The van der Waals surface area contributed by atoms with Crippen LogP contribution in [0.3, 0.4) is 0 Å². The first-order chi connectivity index (χ1) is 7.81. The van der Waals surface area contributed by atoms with Gasteiger partial charge >= 0.3 is 0 Å². The van der Waals surface area contributed by atoms with Crippen molar-refractivity contribution in [2.24, 2.45) is 0 Å². The molecular weight excluding hydrogens is 216 g/mol. The Morgan fingerprint density at radius 3 is 1.71 bits per heavy atom. The molecule has 0 unspecified atom stereocenters. The van der Waals surface area contributed by atoms with E-state index in [1.165, 1.54) is 6.92 Å². The van der Waals surface area contributed by atoms with E-state index in [2.05, 4.69) is 20.8 Å². The van der Waals surface area contributed by atoms with E-state index < -0.39 is 0 Å². The Balaban J connectivity index is 3.53. The molecule has 0 saturated heterocycles.